The predicted octanol–water partition coefficient (Wildman–Crippen LogP) is 1.74. The van der Waals surface area contributed by atoms with Crippen molar-refractivity contribution in [2.75, 3.05) is 13.1 Å². The maximum atomic E-state index is 11.5. The Balaban J connectivity index is 2.89. The highest BCUT2D eigenvalue weighted by Crippen LogP contribution is 2.28. The van der Waals surface area contributed by atoms with Crippen molar-refractivity contribution in [2.24, 2.45) is 0 Å². The Morgan fingerprint density at radius 3 is 2.06 bits per heavy atom. The summed E-state index contributed by atoms with van der Waals surface area (Å²) in [6, 6.07) is 0. The van der Waals surface area contributed by atoms with E-state index < -0.39 is 11.5 Å². The van der Waals surface area contributed by atoms with E-state index in [0.717, 1.165) is 0 Å². The molecule has 0 amide bonds. The Morgan fingerprint density at radius 2 is 1.75 bits per heavy atom. The minimum atomic E-state index is -0.716. The molecule has 1 saturated heterocycles. The van der Waals surface area contributed by atoms with Crippen molar-refractivity contribution in [1.29, 1.82) is 0 Å². The molecule has 2 atom stereocenters. The van der Waals surface area contributed by atoms with Crippen molar-refractivity contribution in [3.8, 4) is 0 Å². The molecule has 1 rings (SSSR count). The van der Waals surface area contributed by atoms with E-state index in [1.807, 2.05) is 27.7 Å². The van der Waals surface area contributed by atoms with Gasteiger partial charge < -0.3 is 9.84 Å². The summed E-state index contributed by atoms with van der Waals surface area (Å²) >= 11 is 0. The molecule has 0 aromatic heterocycles. The highest BCUT2D eigenvalue weighted by Gasteiger charge is 2.43. The number of carboxylic acid groups (broad SMARTS) is 1. The van der Waals surface area contributed by atoms with Crippen molar-refractivity contribution >= 4 is 5.97 Å². The first-order chi connectivity index (χ1) is 7.46. The molecule has 1 N–H and O–H groups in total. The second-order valence-corrected chi connectivity index (χ2v) is 4.71. The number of nitrogens with zero attached hydrogens (tertiary/aromatic N) is 1. The number of aliphatic carboxylic acids is 1. The third kappa shape index (κ3) is 2.38. The van der Waals surface area contributed by atoms with Crippen LogP contribution in [0.25, 0.3) is 0 Å². The van der Waals surface area contributed by atoms with Gasteiger partial charge in [0.25, 0.3) is 0 Å². The van der Waals surface area contributed by atoms with Crippen LogP contribution in [-0.4, -0.2) is 46.8 Å². The van der Waals surface area contributed by atoms with Crippen molar-refractivity contribution in [1.82, 2.24) is 4.90 Å². The van der Waals surface area contributed by atoms with Gasteiger partial charge in [-0.15, -0.1) is 0 Å². The van der Waals surface area contributed by atoms with Crippen LogP contribution in [0.15, 0.2) is 0 Å². The minimum absolute atomic E-state index is 0.112. The van der Waals surface area contributed by atoms with E-state index in [1.165, 1.54) is 0 Å². The second kappa shape index (κ2) is 5.15. The van der Waals surface area contributed by atoms with Crippen LogP contribution in [0.5, 0.6) is 0 Å². The van der Waals surface area contributed by atoms with Crippen LogP contribution >= 0.6 is 0 Å². The topological polar surface area (TPSA) is 49.8 Å². The number of rotatable bonds is 4. The highest BCUT2D eigenvalue weighted by molar-refractivity contribution is 5.78. The summed E-state index contributed by atoms with van der Waals surface area (Å²) < 4.78 is 5.65. The monoisotopic (exact) mass is 229 g/mol. The summed E-state index contributed by atoms with van der Waals surface area (Å²) in [6.07, 6.45) is 1.50. The summed E-state index contributed by atoms with van der Waals surface area (Å²) in [5.74, 6) is -0.709. The number of hydrogen-bond donors (Lipinski definition) is 1. The maximum absolute atomic E-state index is 11.5. The Bertz CT molecular complexity index is 241. The first kappa shape index (κ1) is 13.5. The predicted molar refractivity (Wildman–Crippen MR) is 62.5 cm³/mol. The summed E-state index contributed by atoms with van der Waals surface area (Å²) in [6.45, 7) is 9.31. The van der Waals surface area contributed by atoms with Crippen molar-refractivity contribution < 1.29 is 14.6 Å². The molecule has 0 saturated carbocycles. The van der Waals surface area contributed by atoms with Gasteiger partial charge in [-0.05, 0) is 26.7 Å². The summed E-state index contributed by atoms with van der Waals surface area (Å²) in [4.78, 5) is 13.6. The van der Waals surface area contributed by atoms with Crippen molar-refractivity contribution in [3.63, 3.8) is 0 Å². The highest BCUT2D eigenvalue weighted by atomic mass is 16.5. The fraction of sp³-hybridized carbons (Fsp3) is 0.917. The number of carbonyl (C=O) groups is 1. The van der Waals surface area contributed by atoms with E-state index in [-0.39, 0.29) is 12.2 Å². The molecule has 16 heavy (non-hydrogen) atoms. The maximum Gasteiger partial charge on any atom is 0.324 e. The standard InChI is InChI=1S/C12H23NO3/c1-5-12(6-2,11(14)15)13-7-9(3)16-10(4)8-13/h9-10H,5-8H2,1-4H3,(H,14,15). The van der Waals surface area contributed by atoms with Crippen LogP contribution < -0.4 is 0 Å². The molecule has 0 radical (unpaired) electrons. The molecule has 0 aliphatic carbocycles. The lowest BCUT2D eigenvalue weighted by atomic mass is 9.89. The first-order valence-electron chi connectivity index (χ1n) is 6.10. The number of carboxylic acids is 1. The zero-order valence-electron chi connectivity index (χ0n) is 10.7. The van der Waals surface area contributed by atoms with Gasteiger partial charge in [-0.2, -0.15) is 0 Å². The molecule has 4 nitrogen and oxygen atoms in total. The third-order valence-corrected chi connectivity index (χ3v) is 3.59. The average molecular weight is 229 g/mol. The molecule has 0 bridgehead atoms. The average Bonchev–Trinajstić information content (AvgIpc) is 2.18. The number of morpholine rings is 1. The van der Waals surface area contributed by atoms with Crippen LogP contribution in [-0.2, 0) is 9.53 Å². The zero-order valence-corrected chi connectivity index (χ0v) is 10.7. The Kier molecular flexibility index (Phi) is 4.33. The van der Waals surface area contributed by atoms with E-state index in [2.05, 4.69) is 4.90 Å². The van der Waals surface area contributed by atoms with Crippen LogP contribution in [0.1, 0.15) is 40.5 Å². The lowest BCUT2D eigenvalue weighted by Gasteiger charge is -2.45. The molecule has 0 aromatic rings. The molecular formula is C12H23NO3. The van der Waals surface area contributed by atoms with E-state index >= 15 is 0 Å². The van der Waals surface area contributed by atoms with E-state index in [4.69, 9.17) is 4.74 Å². The van der Waals surface area contributed by atoms with Crippen LogP contribution in [0.3, 0.4) is 0 Å². The molecule has 0 aromatic carbocycles. The summed E-state index contributed by atoms with van der Waals surface area (Å²) in [5, 5.41) is 9.47. The molecule has 4 heteroatoms. The van der Waals surface area contributed by atoms with Gasteiger partial charge in [0.05, 0.1) is 12.2 Å². The van der Waals surface area contributed by atoms with Crippen molar-refractivity contribution in [3.05, 3.63) is 0 Å². The Labute approximate surface area is 97.6 Å². The zero-order chi connectivity index (χ0) is 12.3. The SMILES string of the molecule is CCC(CC)(C(=O)O)N1CC(C)OC(C)C1. The summed E-state index contributed by atoms with van der Waals surface area (Å²) in [5.41, 5.74) is -0.716. The van der Waals surface area contributed by atoms with Gasteiger partial charge >= 0.3 is 5.97 Å². The van der Waals surface area contributed by atoms with Gasteiger partial charge in [0.2, 0.25) is 0 Å². The fourth-order valence-corrected chi connectivity index (χ4v) is 2.66. The van der Waals surface area contributed by atoms with E-state index in [0.29, 0.717) is 25.9 Å². The second-order valence-electron chi connectivity index (χ2n) is 4.71. The number of ether oxygens (including phenoxy) is 1. The smallest absolute Gasteiger partial charge is 0.324 e. The van der Waals surface area contributed by atoms with Gasteiger partial charge in [-0.3, -0.25) is 9.69 Å². The minimum Gasteiger partial charge on any atom is -0.480 e. The molecule has 2 unspecified atom stereocenters. The van der Waals surface area contributed by atoms with Gasteiger partial charge in [-0.25, -0.2) is 0 Å². The molecule has 1 aliphatic heterocycles. The van der Waals surface area contributed by atoms with Gasteiger partial charge in [-0.1, -0.05) is 13.8 Å². The lowest BCUT2D eigenvalue weighted by Crippen LogP contribution is -2.60. The molecule has 94 valence electrons. The molecule has 1 aliphatic rings. The molecular weight excluding hydrogens is 206 g/mol. The van der Waals surface area contributed by atoms with Crippen molar-refractivity contribution in [2.45, 2.75) is 58.3 Å². The molecule has 1 heterocycles. The van der Waals surface area contributed by atoms with Crippen LogP contribution in [0.4, 0.5) is 0 Å². The Morgan fingerprint density at radius 1 is 1.31 bits per heavy atom. The molecule has 0 spiro atoms. The van der Waals surface area contributed by atoms with E-state index in [9.17, 15) is 9.90 Å². The Hall–Kier alpha value is -0.610. The lowest BCUT2D eigenvalue weighted by molar-refractivity contribution is -0.162. The van der Waals surface area contributed by atoms with Crippen LogP contribution in [0.2, 0.25) is 0 Å². The fourth-order valence-electron chi connectivity index (χ4n) is 2.66. The largest absolute Gasteiger partial charge is 0.480 e. The third-order valence-electron chi connectivity index (χ3n) is 3.59. The van der Waals surface area contributed by atoms with Gasteiger partial charge in [0, 0.05) is 13.1 Å². The quantitative estimate of drug-likeness (QED) is 0.797. The van der Waals surface area contributed by atoms with Gasteiger partial charge in [0.1, 0.15) is 5.54 Å². The van der Waals surface area contributed by atoms with E-state index in [1.54, 1.807) is 0 Å². The molecule has 1 fully saturated rings. The number of hydrogen-bond acceptors (Lipinski definition) is 3. The summed E-state index contributed by atoms with van der Waals surface area (Å²) in [7, 11) is 0. The normalized spacial score (nSPS) is 28.0. The first-order valence-corrected chi connectivity index (χ1v) is 6.10. The van der Waals surface area contributed by atoms with Crippen LogP contribution in [0, 0.1) is 0 Å². The van der Waals surface area contributed by atoms with Gasteiger partial charge in [0.15, 0.2) is 0 Å².